The number of carbonyl (C=O) groups excluding carboxylic acids is 1. The van der Waals surface area contributed by atoms with Crippen LogP contribution in [0.1, 0.15) is 39.0 Å². The van der Waals surface area contributed by atoms with Crippen molar-refractivity contribution in [3.05, 3.63) is 0 Å². The third-order valence-corrected chi connectivity index (χ3v) is 4.84. The number of hydrogen-bond donors (Lipinski definition) is 0. The fourth-order valence-electron chi connectivity index (χ4n) is 3.52. The summed E-state index contributed by atoms with van der Waals surface area (Å²) in [6.45, 7) is 4.79. The van der Waals surface area contributed by atoms with Gasteiger partial charge in [0.1, 0.15) is 0 Å². The maximum Gasteiger partial charge on any atom is 0.308 e. The summed E-state index contributed by atoms with van der Waals surface area (Å²) in [6.07, 6.45) is 5.55. The number of rotatable bonds is 4. The van der Waals surface area contributed by atoms with Gasteiger partial charge in [-0.3, -0.25) is 9.69 Å². The van der Waals surface area contributed by atoms with E-state index in [1.165, 1.54) is 19.5 Å². The Balaban J connectivity index is 1.78. The molecule has 19 heavy (non-hydrogen) atoms. The molecule has 1 aliphatic heterocycles. The molecule has 0 aromatic carbocycles. The van der Waals surface area contributed by atoms with Gasteiger partial charge in [0.2, 0.25) is 0 Å². The Kier molecular flexibility index (Phi) is 5.22. The third kappa shape index (κ3) is 3.69. The van der Waals surface area contributed by atoms with Gasteiger partial charge in [-0.1, -0.05) is 0 Å². The monoisotopic (exact) mass is 268 g/mol. The summed E-state index contributed by atoms with van der Waals surface area (Å²) in [5, 5.41) is 0. The van der Waals surface area contributed by atoms with Crippen LogP contribution in [0.3, 0.4) is 0 Å². The SMILES string of the molecule is CCOC(=O)C1CCC(N(C)C2CCN(C)C2)CC1. The van der Waals surface area contributed by atoms with E-state index in [0.717, 1.165) is 25.7 Å². The van der Waals surface area contributed by atoms with Gasteiger partial charge in [-0.15, -0.1) is 0 Å². The van der Waals surface area contributed by atoms with Crippen LogP contribution in [0.15, 0.2) is 0 Å². The predicted octanol–water partition coefficient (Wildman–Crippen LogP) is 1.74. The van der Waals surface area contributed by atoms with Crippen molar-refractivity contribution in [2.24, 2.45) is 5.92 Å². The van der Waals surface area contributed by atoms with Gasteiger partial charge in [0.15, 0.2) is 0 Å². The third-order valence-electron chi connectivity index (χ3n) is 4.84. The standard InChI is InChI=1S/C15H28N2O2/c1-4-19-15(18)12-5-7-13(8-6-12)17(3)14-9-10-16(2)11-14/h12-14H,4-11H2,1-3H3. The van der Waals surface area contributed by atoms with E-state index in [2.05, 4.69) is 23.9 Å². The molecule has 2 aliphatic rings. The van der Waals surface area contributed by atoms with Crippen molar-refractivity contribution >= 4 is 5.97 Å². The molecule has 0 radical (unpaired) electrons. The molecule has 2 rings (SSSR count). The first-order chi connectivity index (χ1) is 9.11. The molecule has 1 unspecified atom stereocenters. The first-order valence-electron chi connectivity index (χ1n) is 7.69. The molecule has 0 amide bonds. The molecule has 0 bridgehead atoms. The fourth-order valence-corrected chi connectivity index (χ4v) is 3.52. The second kappa shape index (κ2) is 6.71. The van der Waals surface area contributed by atoms with Gasteiger partial charge < -0.3 is 9.64 Å². The zero-order chi connectivity index (χ0) is 13.8. The molecule has 0 N–H and O–H groups in total. The summed E-state index contributed by atoms with van der Waals surface area (Å²) in [5.41, 5.74) is 0. The van der Waals surface area contributed by atoms with Crippen LogP contribution in [0, 0.1) is 5.92 Å². The van der Waals surface area contributed by atoms with Crippen LogP contribution >= 0.6 is 0 Å². The lowest BCUT2D eigenvalue weighted by atomic mass is 9.85. The van der Waals surface area contributed by atoms with Crippen LogP contribution in [-0.4, -0.2) is 61.6 Å². The number of esters is 1. The van der Waals surface area contributed by atoms with E-state index in [1.807, 2.05) is 6.92 Å². The van der Waals surface area contributed by atoms with Crippen LogP contribution in [0.2, 0.25) is 0 Å². The van der Waals surface area contributed by atoms with Crippen molar-refractivity contribution in [3.8, 4) is 0 Å². The highest BCUT2D eigenvalue weighted by molar-refractivity contribution is 5.72. The van der Waals surface area contributed by atoms with Crippen LogP contribution < -0.4 is 0 Å². The lowest BCUT2D eigenvalue weighted by Crippen LogP contribution is -2.44. The normalized spacial score (nSPS) is 32.7. The van der Waals surface area contributed by atoms with E-state index in [0.29, 0.717) is 18.7 Å². The Hall–Kier alpha value is -0.610. The highest BCUT2D eigenvalue weighted by Crippen LogP contribution is 2.30. The van der Waals surface area contributed by atoms with Gasteiger partial charge in [-0.2, -0.15) is 0 Å². The second-order valence-electron chi connectivity index (χ2n) is 6.13. The predicted molar refractivity (Wildman–Crippen MR) is 76.0 cm³/mol. The zero-order valence-electron chi connectivity index (χ0n) is 12.6. The quantitative estimate of drug-likeness (QED) is 0.727. The van der Waals surface area contributed by atoms with Gasteiger partial charge in [-0.25, -0.2) is 0 Å². The summed E-state index contributed by atoms with van der Waals surface area (Å²) < 4.78 is 5.13. The summed E-state index contributed by atoms with van der Waals surface area (Å²) in [7, 11) is 4.46. The minimum Gasteiger partial charge on any atom is -0.466 e. The summed E-state index contributed by atoms with van der Waals surface area (Å²) in [6, 6.07) is 1.36. The van der Waals surface area contributed by atoms with Crippen molar-refractivity contribution in [2.75, 3.05) is 33.8 Å². The van der Waals surface area contributed by atoms with E-state index in [-0.39, 0.29) is 11.9 Å². The van der Waals surface area contributed by atoms with Gasteiger partial charge in [0, 0.05) is 18.6 Å². The zero-order valence-corrected chi connectivity index (χ0v) is 12.6. The van der Waals surface area contributed by atoms with Crippen LogP contribution in [0.5, 0.6) is 0 Å². The van der Waals surface area contributed by atoms with Gasteiger partial charge >= 0.3 is 5.97 Å². The molecule has 1 saturated heterocycles. The van der Waals surface area contributed by atoms with Crippen LogP contribution in [0.4, 0.5) is 0 Å². The number of ether oxygens (including phenoxy) is 1. The molecule has 110 valence electrons. The molecule has 2 fully saturated rings. The molecule has 0 aromatic rings. The summed E-state index contributed by atoms with van der Waals surface area (Å²) in [5.74, 6) is 0.167. The highest BCUT2D eigenvalue weighted by atomic mass is 16.5. The molecule has 1 saturated carbocycles. The fraction of sp³-hybridized carbons (Fsp3) is 0.933. The van der Waals surface area contributed by atoms with Crippen molar-refractivity contribution < 1.29 is 9.53 Å². The number of carbonyl (C=O) groups is 1. The van der Waals surface area contributed by atoms with Crippen molar-refractivity contribution in [1.82, 2.24) is 9.80 Å². The number of likely N-dealkylation sites (tertiary alicyclic amines) is 1. The smallest absolute Gasteiger partial charge is 0.308 e. The van der Waals surface area contributed by atoms with Crippen LogP contribution in [-0.2, 0) is 9.53 Å². The van der Waals surface area contributed by atoms with E-state index < -0.39 is 0 Å². The molecule has 4 nitrogen and oxygen atoms in total. The van der Waals surface area contributed by atoms with Crippen molar-refractivity contribution in [3.63, 3.8) is 0 Å². The lowest BCUT2D eigenvalue weighted by molar-refractivity contribution is -0.149. The minimum absolute atomic E-state index is 0.0178. The number of likely N-dealkylation sites (N-methyl/N-ethyl adjacent to an activating group) is 2. The maximum atomic E-state index is 11.7. The Labute approximate surface area is 117 Å². The number of hydrogen-bond acceptors (Lipinski definition) is 4. The highest BCUT2D eigenvalue weighted by Gasteiger charge is 2.33. The molecule has 1 atom stereocenters. The molecule has 0 spiro atoms. The van der Waals surface area contributed by atoms with E-state index in [1.54, 1.807) is 0 Å². The van der Waals surface area contributed by atoms with Crippen molar-refractivity contribution in [1.29, 1.82) is 0 Å². The minimum atomic E-state index is 0.0178. The molecular weight excluding hydrogens is 240 g/mol. The van der Waals surface area contributed by atoms with Gasteiger partial charge in [0.05, 0.1) is 12.5 Å². The average Bonchev–Trinajstić information content (AvgIpc) is 2.85. The topological polar surface area (TPSA) is 32.8 Å². The first kappa shape index (κ1) is 14.8. The Morgan fingerprint density at radius 2 is 1.89 bits per heavy atom. The summed E-state index contributed by atoms with van der Waals surface area (Å²) >= 11 is 0. The molecule has 4 heteroatoms. The largest absolute Gasteiger partial charge is 0.466 e. The molecule has 0 aromatic heterocycles. The van der Waals surface area contributed by atoms with Gasteiger partial charge in [-0.05, 0) is 59.7 Å². The average molecular weight is 268 g/mol. The Morgan fingerprint density at radius 3 is 2.42 bits per heavy atom. The molecular formula is C15H28N2O2. The second-order valence-corrected chi connectivity index (χ2v) is 6.13. The summed E-state index contributed by atoms with van der Waals surface area (Å²) in [4.78, 5) is 16.7. The van der Waals surface area contributed by atoms with Gasteiger partial charge in [0.25, 0.3) is 0 Å². The molecule has 1 heterocycles. The maximum absolute atomic E-state index is 11.7. The molecule has 1 aliphatic carbocycles. The van der Waals surface area contributed by atoms with Crippen LogP contribution in [0.25, 0.3) is 0 Å². The van der Waals surface area contributed by atoms with E-state index in [4.69, 9.17) is 4.74 Å². The Bertz CT molecular complexity index is 301. The lowest BCUT2D eigenvalue weighted by Gasteiger charge is -2.37. The van der Waals surface area contributed by atoms with Crippen molar-refractivity contribution in [2.45, 2.75) is 51.1 Å². The first-order valence-corrected chi connectivity index (χ1v) is 7.69. The Morgan fingerprint density at radius 1 is 1.21 bits per heavy atom. The van der Waals surface area contributed by atoms with E-state index >= 15 is 0 Å². The van der Waals surface area contributed by atoms with E-state index in [9.17, 15) is 4.79 Å². The number of nitrogens with zero attached hydrogens (tertiary/aromatic N) is 2.